The van der Waals surface area contributed by atoms with Gasteiger partial charge in [0, 0.05) is 26.3 Å². The van der Waals surface area contributed by atoms with E-state index >= 15 is 0 Å². The monoisotopic (exact) mass is 308 g/mol. The van der Waals surface area contributed by atoms with Gasteiger partial charge in [0.15, 0.2) is 6.61 Å². The van der Waals surface area contributed by atoms with Gasteiger partial charge in [0.05, 0.1) is 5.56 Å². The molecule has 1 rings (SSSR count). The summed E-state index contributed by atoms with van der Waals surface area (Å²) in [5, 5.41) is 4.20. The summed E-state index contributed by atoms with van der Waals surface area (Å²) in [6, 6.07) is 2.64. The van der Waals surface area contributed by atoms with Crippen LogP contribution in [0.1, 0.15) is 24.2 Å². The van der Waals surface area contributed by atoms with E-state index in [1.165, 1.54) is 13.2 Å². The van der Waals surface area contributed by atoms with E-state index in [1.807, 2.05) is 24.1 Å². The molecule has 3 amide bonds. The molecule has 0 bridgehead atoms. The number of hydrogen-bond acceptors (Lipinski definition) is 6. The van der Waals surface area contributed by atoms with Gasteiger partial charge in [-0.1, -0.05) is 0 Å². The number of rotatable bonds is 6. The van der Waals surface area contributed by atoms with Crippen molar-refractivity contribution in [3.63, 3.8) is 0 Å². The molecule has 1 aromatic rings. The maximum atomic E-state index is 11.8. The summed E-state index contributed by atoms with van der Waals surface area (Å²) in [6.45, 7) is 5.11. The second kappa shape index (κ2) is 8.60. The SMILES string of the molecule is CCN(CC)c1ccc(C(=O)OCC(=O)NC(=O)NC)cn1. The lowest BCUT2D eigenvalue weighted by Crippen LogP contribution is -2.39. The molecule has 0 radical (unpaired) electrons. The summed E-state index contributed by atoms with van der Waals surface area (Å²) in [7, 11) is 1.37. The number of amides is 3. The number of nitrogens with zero attached hydrogens (tertiary/aromatic N) is 2. The van der Waals surface area contributed by atoms with E-state index < -0.39 is 24.5 Å². The quantitative estimate of drug-likeness (QED) is 0.744. The Balaban J connectivity index is 2.56. The van der Waals surface area contributed by atoms with E-state index in [1.54, 1.807) is 12.1 Å². The van der Waals surface area contributed by atoms with Crippen molar-refractivity contribution in [3.05, 3.63) is 23.9 Å². The van der Waals surface area contributed by atoms with Crippen molar-refractivity contribution < 1.29 is 19.1 Å². The first-order valence-electron chi connectivity index (χ1n) is 6.91. The normalized spacial score (nSPS) is 9.77. The fourth-order valence-electron chi connectivity index (χ4n) is 1.68. The van der Waals surface area contributed by atoms with E-state index in [-0.39, 0.29) is 5.56 Å². The Bertz CT molecular complexity index is 526. The van der Waals surface area contributed by atoms with Gasteiger partial charge in [-0.25, -0.2) is 14.6 Å². The fourth-order valence-corrected chi connectivity index (χ4v) is 1.68. The summed E-state index contributed by atoms with van der Waals surface area (Å²) < 4.78 is 4.80. The highest BCUT2D eigenvalue weighted by Gasteiger charge is 2.13. The lowest BCUT2D eigenvalue weighted by Gasteiger charge is -2.19. The van der Waals surface area contributed by atoms with Crippen molar-refractivity contribution >= 4 is 23.7 Å². The molecule has 22 heavy (non-hydrogen) atoms. The molecule has 0 aliphatic rings. The summed E-state index contributed by atoms with van der Waals surface area (Å²) in [4.78, 5) is 40.2. The molecule has 0 spiro atoms. The van der Waals surface area contributed by atoms with E-state index in [9.17, 15) is 14.4 Å². The molecular weight excluding hydrogens is 288 g/mol. The predicted molar refractivity (Wildman–Crippen MR) is 80.7 cm³/mol. The van der Waals surface area contributed by atoms with Gasteiger partial charge in [-0.3, -0.25) is 10.1 Å². The largest absolute Gasteiger partial charge is 0.452 e. The smallest absolute Gasteiger partial charge is 0.340 e. The van der Waals surface area contributed by atoms with Gasteiger partial charge >= 0.3 is 12.0 Å². The number of anilines is 1. The highest BCUT2D eigenvalue weighted by atomic mass is 16.5. The molecule has 0 saturated carbocycles. The lowest BCUT2D eigenvalue weighted by atomic mass is 10.3. The molecule has 8 heteroatoms. The third-order valence-electron chi connectivity index (χ3n) is 2.89. The molecule has 8 nitrogen and oxygen atoms in total. The van der Waals surface area contributed by atoms with E-state index in [0.717, 1.165) is 18.9 Å². The molecule has 0 aliphatic heterocycles. The van der Waals surface area contributed by atoms with Crippen LogP contribution in [0.2, 0.25) is 0 Å². The van der Waals surface area contributed by atoms with Crippen LogP contribution < -0.4 is 15.5 Å². The standard InChI is InChI=1S/C14H20N4O4/c1-4-18(5-2)11-7-6-10(8-16-11)13(20)22-9-12(19)17-14(21)15-3/h6-8H,4-5,9H2,1-3H3,(H2,15,17,19,21). The lowest BCUT2D eigenvalue weighted by molar-refractivity contribution is -0.123. The number of nitrogens with one attached hydrogen (secondary N) is 2. The molecule has 0 aliphatic carbocycles. The van der Waals surface area contributed by atoms with Gasteiger partial charge in [0.1, 0.15) is 5.82 Å². The number of aromatic nitrogens is 1. The van der Waals surface area contributed by atoms with Crippen molar-refractivity contribution in [1.82, 2.24) is 15.6 Å². The topological polar surface area (TPSA) is 101 Å². The molecule has 0 atom stereocenters. The average molecular weight is 308 g/mol. The minimum Gasteiger partial charge on any atom is -0.452 e. The maximum absolute atomic E-state index is 11.8. The van der Waals surface area contributed by atoms with Crippen molar-refractivity contribution in [2.75, 3.05) is 31.6 Å². The second-order valence-corrected chi connectivity index (χ2v) is 4.28. The van der Waals surface area contributed by atoms with Crippen LogP contribution >= 0.6 is 0 Å². The molecule has 0 aromatic carbocycles. The number of esters is 1. The zero-order chi connectivity index (χ0) is 16.5. The molecule has 2 N–H and O–H groups in total. The first kappa shape index (κ1) is 17.4. The number of urea groups is 1. The molecule has 1 aromatic heterocycles. The number of imide groups is 1. The van der Waals surface area contributed by atoms with Crippen molar-refractivity contribution in [2.45, 2.75) is 13.8 Å². The highest BCUT2D eigenvalue weighted by Crippen LogP contribution is 2.11. The van der Waals surface area contributed by atoms with Gasteiger partial charge in [-0.2, -0.15) is 0 Å². The molecule has 0 saturated heterocycles. The van der Waals surface area contributed by atoms with Crippen LogP contribution in [0.5, 0.6) is 0 Å². The van der Waals surface area contributed by atoms with Crippen LogP contribution in [0.15, 0.2) is 18.3 Å². The number of ether oxygens (including phenoxy) is 1. The van der Waals surface area contributed by atoms with Crippen LogP contribution in [0, 0.1) is 0 Å². The number of carbonyl (C=O) groups excluding carboxylic acids is 3. The van der Waals surface area contributed by atoms with Crippen LogP contribution in [0.25, 0.3) is 0 Å². The molecule has 120 valence electrons. The Hall–Kier alpha value is -2.64. The summed E-state index contributed by atoms with van der Waals surface area (Å²) in [6.07, 6.45) is 1.40. The van der Waals surface area contributed by atoms with Crippen molar-refractivity contribution in [2.24, 2.45) is 0 Å². The molecule has 0 unspecified atom stereocenters. The minimum absolute atomic E-state index is 0.239. The zero-order valence-corrected chi connectivity index (χ0v) is 12.9. The Morgan fingerprint density at radius 1 is 1.23 bits per heavy atom. The summed E-state index contributed by atoms with van der Waals surface area (Å²) in [5.41, 5.74) is 0.239. The predicted octanol–water partition coefficient (Wildman–Crippen LogP) is 0.540. The third-order valence-corrected chi connectivity index (χ3v) is 2.89. The summed E-state index contributed by atoms with van der Waals surface area (Å²) >= 11 is 0. The fraction of sp³-hybridized carbons (Fsp3) is 0.429. The highest BCUT2D eigenvalue weighted by molar-refractivity contribution is 5.96. The van der Waals surface area contributed by atoms with Crippen molar-refractivity contribution in [3.8, 4) is 0 Å². The minimum atomic E-state index is -0.708. The Morgan fingerprint density at radius 3 is 2.41 bits per heavy atom. The van der Waals surface area contributed by atoms with Gasteiger partial charge in [-0.15, -0.1) is 0 Å². The van der Waals surface area contributed by atoms with Gasteiger partial charge in [0.25, 0.3) is 5.91 Å². The Labute approximate surface area is 128 Å². The van der Waals surface area contributed by atoms with Gasteiger partial charge < -0.3 is 15.0 Å². The van der Waals surface area contributed by atoms with E-state index in [0.29, 0.717) is 0 Å². The maximum Gasteiger partial charge on any atom is 0.340 e. The van der Waals surface area contributed by atoms with Crippen LogP contribution in [0.4, 0.5) is 10.6 Å². The van der Waals surface area contributed by atoms with Crippen LogP contribution in [0.3, 0.4) is 0 Å². The second-order valence-electron chi connectivity index (χ2n) is 4.28. The summed E-state index contributed by atoms with van der Waals surface area (Å²) in [5.74, 6) is -0.620. The average Bonchev–Trinajstić information content (AvgIpc) is 2.54. The number of carbonyl (C=O) groups is 3. The Kier molecular flexibility index (Phi) is 6.81. The molecule has 1 heterocycles. The first-order chi connectivity index (χ1) is 10.5. The number of pyridine rings is 1. The number of hydrogen-bond donors (Lipinski definition) is 2. The molecular formula is C14H20N4O4. The van der Waals surface area contributed by atoms with Gasteiger partial charge in [-0.05, 0) is 26.0 Å². The third kappa shape index (κ3) is 5.04. The van der Waals surface area contributed by atoms with Crippen LogP contribution in [-0.2, 0) is 9.53 Å². The van der Waals surface area contributed by atoms with Crippen molar-refractivity contribution in [1.29, 1.82) is 0 Å². The van der Waals surface area contributed by atoms with Crippen LogP contribution in [-0.4, -0.2) is 49.6 Å². The Morgan fingerprint density at radius 2 is 1.91 bits per heavy atom. The van der Waals surface area contributed by atoms with E-state index in [4.69, 9.17) is 4.74 Å². The van der Waals surface area contributed by atoms with Gasteiger partial charge in [0.2, 0.25) is 0 Å². The first-order valence-corrected chi connectivity index (χ1v) is 6.91. The zero-order valence-electron chi connectivity index (χ0n) is 12.9. The molecule has 0 fully saturated rings. The van der Waals surface area contributed by atoms with E-state index in [2.05, 4.69) is 10.3 Å².